The van der Waals surface area contributed by atoms with Crippen LogP contribution in [0.3, 0.4) is 0 Å². The van der Waals surface area contributed by atoms with E-state index in [2.05, 4.69) is 60.3 Å². The number of nitrogens with zero attached hydrogens (tertiary/aromatic N) is 1. The standard InChI is InChI=1S/C16H20N2/c1-12-3-4-13(2)18(12)17-11-14-5-7-15(8-6-14)16-9-10-16/h3-8,16-17H,9-11H2,1-2H3. The van der Waals surface area contributed by atoms with Gasteiger partial charge in [-0.3, -0.25) is 4.68 Å². The fourth-order valence-corrected chi connectivity index (χ4v) is 2.41. The second kappa shape index (κ2) is 4.52. The van der Waals surface area contributed by atoms with Gasteiger partial charge in [-0.2, -0.15) is 0 Å². The van der Waals surface area contributed by atoms with Crippen molar-refractivity contribution in [2.45, 2.75) is 39.2 Å². The Morgan fingerprint density at radius 2 is 1.61 bits per heavy atom. The van der Waals surface area contributed by atoms with Gasteiger partial charge in [-0.25, -0.2) is 0 Å². The molecule has 1 saturated carbocycles. The second-order valence-corrected chi connectivity index (χ2v) is 5.30. The molecule has 0 aliphatic heterocycles. The van der Waals surface area contributed by atoms with E-state index < -0.39 is 0 Å². The van der Waals surface area contributed by atoms with Crippen LogP contribution >= 0.6 is 0 Å². The fourth-order valence-electron chi connectivity index (χ4n) is 2.41. The Balaban J connectivity index is 1.66. The maximum Gasteiger partial charge on any atom is 0.0564 e. The zero-order valence-electron chi connectivity index (χ0n) is 11.1. The first-order chi connectivity index (χ1) is 8.74. The largest absolute Gasteiger partial charge is 0.322 e. The lowest BCUT2D eigenvalue weighted by atomic mass is 10.1. The molecule has 1 N–H and O–H groups in total. The van der Waals surface area contributed by atoms with Crippen molar-refractivity contribution in [2.24, 2.45) is 0 Å². The van der Waals surface area contributed by atoms with Crippen LogP contribution in [0.15, 0.2) is 36.4 Å². The van der Waals surface area contributed by atoms with E-state index in [-0.39, 0.29) is 0 Å². The Labute approximate surface area is 109 Å². The summed E-state index contributed by atoms with van der Waals surface area (Å²) in [4.78, 5) is 0. The van der Waals surface area contributed by atoms with Crippen molar-refractivity contribution in [1.82, 2.24) is 4.68 Å². The first kappa shape index (κ1) is 11.4. The molecule has 0 bridgehead atoms. The van der Waals surface area contributed by atoms with Gasteiger partial charge in [-0.05, 0) is 55.9 Å². The van der Waals surface area contributed by atoms with E-state index in [1.807, 2.05) is 0 Å². The molecule has 1 fully saturated rings. The van der Waals surface area contributed by atoms with Crippen LogP contribution in [0.5, 0.6) is 0 Å². The van der Waals surface area contributed by atoms with Gasteiger partial charge < -0.3 is 5.43 Å². The summed E-state index contributed by atoms with van der Waals surface area (Å²) in [5.41, 5.74) is 8.81. The van der Waals surface area contributed by atoms with Crippen molar-refractivity contribution >= 4 is 0 Å². The summed E-state index contributed by atoms with van der Waals surface area (Å²) in [6.07, 6.45) is 2.75. The lowest BCUT2D eigenvalue weighted by molar-refractivity contribution is 0.792. The molecule has 0 saturated heterocycles. The molecular formula is C16H20N2. The molecule has 2 aromatic rings. The molecular weight excluding hydrogens is 220 g/mol. The minimum Gasteiger partial charge on any atom is -0.322 e. The van der Waals surface area contributed by atoms with E-state index in [1.165, 1.54) is 35.4 Å². The first-order valence-corrected chi connectivity index (χ1v) is 6.72. The van der Waals surface area contributed by atoms with E-state index >= 15 is 0 Å². The van der Waals surface area contributed by atoms with Gasteiger partial charge in [-0.15, -0.1) is 0 Å². The number of benzene rings is 1. The summed E-state index contributed by atoms with van der Waals surface area (Å²) >= 11 is 0. The molecule has 1 heterocycles. The zero-order chi connectivity index (χ0) is 12.5. The van der Waals surface area contributed by atoms with Gasteiger partial charge in [0.1, 0.15) is 0 Å². The Morgan fingerprint density at radius 1 is 1.00 bits per heavy atom. The van der Waals surface area contributed by atoms with E-state index in [1.54, 1.807) is 0 Å². The van der Waals surface area contributed by atoms with E-state index in [4.69, 9.17) is 0 Å². The molecule has 1 aromatic carbocycles. The van der Waals surface area contributed by atoms with Gasteiger partial charge in [0.05, 0.1) is 6.54 Å². The minimum absolute atomic E-state index is 0.848. The molecule has 2 heteroatoms. The van der Waals surface area contributed by atoms with E-state index in [9.17, 15) is 0 Å². The van der Waals surface area contributed by atoms with Crippen LogP contribution in [0.2, 0.25) is 0 Å². The zero-order valence-corrected chi connectivity index (χ0v) is 11.1. The third-order valence-corrected chi connectivity index (χ3v) is 3.74. The van der Waals surface area contributed by atoms with Gasteiger partial charge >= 0.3 is 0 Å². The summed E-state index contributed by atoms with van der Waals surface area (Å²) in [6.45, 7) is 5.12. The lowest BCUT2D eigenvalue weighted by Gasteiger charge is -2.13. The van der Waals surface area contributed by atoms with Crippen molar-refractivity contribution < 1.29 is 0 Å². The van der Waals surface area contributed by atoms with E-state index in [0.717, 1.165) is 12.5 Å². The molecule has 0 amide bonds. The highest BCUT2D eigenvalue weighted by Crippen LogP contribution is 2.39. The molecule has 1 aliphatic carbocycles. The van der Waals surface area contributed by atoms with Crippen LogP contribution in [0.1, 0.15) is 41.3 Å². The maximum absolute atomic E-state index is 3.46. The van der Waals surface area contributed by atoms with Crippen molar-refractivity contribution in [3.8, 4) is 0 Å². The minimum atomic E-state index is 0.848. The molecule has 94 valence electrons. The van der Waals surface area contributed by atoms with Crippen LogP contribution < -0.4 is 5.43 Å². The molecule has 0 atom stereocenters. The summed E-state index contributed by atoms with van der Waals surface area (Å²) in [7, 11) is 0. The summed E-state index contributed by atoms with van der Waals surface area (Å²) in [6, 6.07) is 13.3. The predicted molar refractivity (Wildman–Crippen MR) is 75.4 cm³/mol. The van der Waals surface area contributed by atoms with Crippen LogP contribution in [-0.2, 0) is 6.54 Å². The molecule has 0 unspecified atom stereocenters. The molecule has 2 nitrogen and oxygen atoms in total. The SMILES string of the molecule is Cc1ccc(C)n1NCc1ccc(C2CC2)cc1. The number of aromatic nitrogens is 1. The van der Waals surface area contributed by atoms with E-state index in [0.29, 0.717) is 0 Å². The Morgan fingerprint density at radius 3 is 2.17 bits per heavy atom. The van der Waals surface area contributed by atoms with Crippen molar-refractivity contribution in [1.29, 1.82) is 0 Å². The Bertz CT molecular complexity index is 513. The van der Waals surface area contributed by atoms with Gasteiger partial charge in [0, 0.05) is 11.4 Å². The number of hydrogen-bond acceptors (Lipinski definition) is 1. The highest BCUT2D eigenvalue weighted by molar-refractivity contribution is 5.28. The number of aryl methyl sites for hydroxylation is 2. The van der Waals surface area contributed by atoms with Crippen molar-refractivity contribution in [2.75, 3.05) is 5.43 Å². The number of nitrogens with one attached hydrogen (secondary N) is 1. The molecule has 18 heavy (non-hydrogen) atoms. The Hall–Kier alpha value is -1.70. The van der Waals surface area contributed by atoms with Crippen molar-refractivity contribution in [3.05, 3.63) is 58.9 Å². The predicted octanol–water partition coefficient (Wildman–Crippen LogP) is 3.73. The van der Waals surface area contributed by atoms with Crippen LogP contribution in [-0.4, -0.2) is 4.68 Å². The maximum atomic E-state index is 3.46. The van der Waals surface area contributed by atoms with Gasteiger partial charge in [0.25, 0.3) is 0 Å². The average Bonchev–Trinajstić information content (AvgIpc) is 3.17. The molecule has 3 rings (SSSR count). The van der Waals surface area contributed by atoms with Crippen molar-refractivity contribution in [3.63, 3.8) is 0 Å². The van der Waals surface area contributed by atoms with Gasteiger partial charge in [0.2, 0.25) is 0 Å². The fraction of sp³-hybridized carbons (Fsp3) is 0.375. The monoisotopic (exact) mass is 240 g/mol. The smallest absolute Gasteiger partial charge is 0.0564 e. The van der Waals surface area contributed by atoms with Crippen LogP contribution in [0, 0.1) is 13.8 Å². The summed E-state index contributed by atoms with van der Waals surface area (Å²) in [5.74, 6) is 0.848. The molecule has 0 spiro atoms. The average molecular weight is 240 g/mol. The van der Waals surface area contributed by atoms with Gasteiger partial charge in [-0.1, -0.05) is 24.3 Å². The van der Waals surface area contributed by atoms with Gasteiger partial charge in [0.15, 0.2) is 0 Å². The number of hydrogen-bond donors (Lipinski definition) is 1. The topological polar surface area (TPSA) is 17.0 Å². The molecule has 0 radical (unpaired) electrons. The third kappa shape index (κ3) is 2.28. The summed E-state index contributed by atoms with van der Waals surface area (Å²) in [5, 5.41) is 0. The number of rotatable bonds is 4. The van der Waals surface area contributed by atoms with Crippen LogP contribution in [0.25, 0.3) is 0 Å². The third-order valence-electron chi connectivity index (χ3n) is 3.74. The van der Waals surface area contributed by atoms with Crippen LogP contribution in [0.4, 0.5) is 0 Å². The quantitative estimate of drug-likeness (QED) is 0.861. The molecule has 1 aromatic heterocycles. The highest BCUT2D eigenvalue weighted by atomic mass is 15.4. The normalized spacial score (nSPS) is 14.8. The summed E-state index contributed by atoms with van der Waals surface area (Å²) < 4.78 is 2.15. The second-order valence-electron chi connectivity index (χ2n) is 5.30. The lowest BCUT2D eigenvalue weighted by Crippen LogP contribution is -2.16. The molecule has 1 aliphatic rings. The Kier molecular flexibility index (Phi) is 2.86. The highest BCUT2D eigenvalue weighted by Gasteiger charge is 2.22. The first-order valence-electron chi connectivity index (χ1n) is 6.72.